The maximum atomic E-state index is 12.6. The lowest BCUT2D eigenvalue weighted by Gasteiger charge is -2.01. The van der Waals surface area contributed by atoms with Crippen molar-refractivity contribution in [2.24, 2.45) is 0 Å². The molecule has 0 saturated carbocycles. The minimum absolute atomic E-state index is 0.0550. The molecule has 0 unspecified atom stereocenters. The lowest BCUT2D eigenvalue weighted by molar-refractivity contribution is -0.119. The van der Waals surface area contributed by atoms with Crippen LogP contribution in [0.4, 0.5) is 0 Å². The van der Waals surface area contributed by atoms with Crippen LogP contribution < -0.4 is 5.32 Å². The number of thiophene rings is 2. The van der Waals surface area contributed by atoms with Crippen LogP contribution in [0.2, 0.25) is 0 Å². The Morgan fingerprint density at radius 2 is 1.90 bits per heavy atom. The van der Waals surface area contributed by atoms with Gasteiger partial charge < -0.3 is 5.32 Å². The van der Waals surface area contributed by atoms with E-state index in [0.717, 1.165) is 30.6 Å². The molecule has 0 aliphatic heterocycles. The number of hydrogen-bond acceptors (Lipinski definition) is 7. The minimum atomic E-state index is -0.0831. The lowest BCUT2D eigenvalue weighted by atomic mass is 10.2. The van der Waals surface area contributed by atoms with Crippen molar-refractivity contribution in [3.63, 3.8) is 0 Å². The first-order chi connectivity index (χ1) is 14.1. The van der Waals surface area contributed by atoms with Crippen LogP contribution in [0.5, 0.6) is 0 Å². The second kappa shape index (κ2) is 8.86. The van der Waals surface area contributed by atoms with Crippen molar-refractivity contribution in [2.45, 2.75) is 18.5 Å². The van der Waals surface area contributed by atoms with Crippen LogP contribution >= 0.6 is 34.4 Å². The number of carbonyl (C=O) groups excluding carboxylic acids is 2. The molecule has 0 radical (unpaired) electrons. The molecule has 0 fully saturated rings. The number of benzene rings is 1. The molecule has 0 atom stereocenters. The third-order valence-corrected chi connectivity index (χ3v) is 7.36. The van der Waals surface area contributed by atoms with Crippen LogP contribution in [0.3, 0.4) is 0 Å². The van der Waals surface area contributed by atoms with E-state index in [2.05, 4.69) is 33.5 Å². The summed E-state index contributed by atoms with van der Waals surface area (Å²) in [5, 5.41) is 4.54. The standard InChI is InChI=1S/C21H17N3O2S3/c1-13(25)22-10-15-7-8-18(28-15)17(26)11-27-20-16-9-19(14-5-3-2-4-6-14)29-21(16)24-12-23-20/h2-9,12H,10-11H2,1H3,(H,22,25). The number of fused-ring (bicyclic) bond motifs is 1. The molecule has 0 spiro atoms. The number of rotatable bonds is 7. The van der Waals surface area contributed by atoms with Crippen molar-refractivity contribution in [3.8, 4) is 10.4 Å². The number of carbonyl (C=O) groups is 2. The van der Waals surface area contributed by atoms with Crippen LogP contribution in [-0.4, -0.2) is 27.4 Å². The summed E-state index contributed by atoms with van der Waals surface area (Å²) in [6.45, 7) is 1.93. The highest BCUT2D eigenvalue weighted by molar-refractivity contribution is 8.00. The maximum absolute atomic E-state index is 12.6. The summed E-state index contributed by atoms with van der Waals surface area (Å²) in [5.74, 6) is 0.280. The molecule has 0 saturated heterocycles. The van der Waals surface area contributed by atoms with E-state index < -0.39 is 0 Å². The van der Waals surface area contributed by atoms with Crippen LogP contribution in [0.1, 0.15) is 21.5 Å². The topological polar surface area (TPSA) is 72.0 Å². The predicted octanol–water partition coefficient (Wildman–Crippen LogP) is 5.03. The molecule has 4 aromatic rings. The van der Waals surface area contributed by atoms with E-state index in [1.807, 2.05) is 30.3 Å². The number of Topliss-reactive ketones (excluding diaryl/α,β-unsaturated/α-hetero) is 1. The number of thioether (sulfide) groups is 1. The molecule has 0 aliphatic rings. The highest BCUT2D eigenvalue weighted by Crippen LogP contribution is 2.36. The number of nitrogens with zero attached hydrogens (tertiary/aromatic N) is 2. The molecular weight excluding hydrogens is 422 g/mol. The SMILES string of the molecule is CC(=O)NCc1ccc(C(=O)CSc2ncnc3sc(-c4ccccc4)cc23)s1. The highest BCUT2D eigenvalue weighted by atomic mass is 32.2. The smallest absolute Gasteiger partial charge is 0.217 e. The van der Waals surface area contributed by atoms with Crippen molar-refractivity contribution >= 4 is 56.3 Å². The molecule has 5 nitrogen and oxygen atoms in total. The van der Waals surface area contributed by atoms with Gasteiger partial charge in [-0.3, -0.25) is 9.59 Å². The molecule has 3 heterocycles. The van der Waals surface area contributed by atoms with Gasteiger partial charge in [-0.15, -0.1) is 22.7 Å². The van der Waals surface area contributed by atoms with Crippen LogP contribution in [0, 0.1) is 0 Å². The van der Waals surface area contributed by atoms with Gasteiger partial charge in [0.25, 0.3) is 0 Å². The van der Waals surface area contributed by atoms with Gasteiger partial charge in [-0.2, -0.15) is 0 Å². The lowest BCUT2D eigenvalue weighted by Crippen LogP contribution is -2.18. The largest absolute Gasteiger partial charge is 0.351 e. The van der Waals surface area contributed by atoms with Crippen LogP contribution in [0.15, 0.2) is 59.9 Å². The van der Waals surface area contributed by atoms with Gasteiger partial charge in [-0.1, -0.05) is 42.1 Å². The summed E-state index contributed by atoms with van der Waals surface area (Å²) in [5.41, 5.74) is 1.15. The number of amides is 1. The Kier molecular flexibility index (Phi) is 6.03. The highest BCUT2D eigenvalue weighted by Gasteiger charge is 2.14. The summed E-state index contributed by atoms with van der Waals surface area (Å²) in [6.07, 6.45) is 1.55. The summed E-state index contributed by atoms with van der Waals surface area (Å²) < 4.78 is 0. The Labute approximate surface area is 180 Å². The molecule has 1 N–H and O–H groups in total. The Morgan fingerprint density at radius 3 is 2.69 bits per heavy atom. The van der Waals surface area contributed by atoms with Crippen molar-refractivity contribution in [1.29, 1.82) is 0 Å². The summed E-state index contributed by atoms with van der Waals surface area (Å²) in [7, 11) is 0. The first-order valence-electron chi connectivity index (χ1n) is 8.89. The summed E-state index contributed by atoms with van der Waals surface area (Å²) in [4.78, 5) is 36.1. The molecule has 1 amide bonds. The predicted molar refractivity (Wildman–Crippen MR) is 120 cm³/mol. The third kappa shape index (κ3) is 4.72. The first kappa shape index (κ1) is 19.8. The fourth-order valence-corrected chi connectivity index (χ4v) is 5.63. The van der Waals surface area contributed by atoms with Gasteiger partial charge in [0, 0.05) is 22.1 Å². The zero-order valence-electron chi connectivity index (χ0n) is 15.5. The van der Waals surface area contributed by atoms with Gasteiger partial charge in [0.2, 0.25) is 5.91 Å². The molecule has 29 heavy (non-hydrogen) atoms. The van der Waals surface area contributed by atoms with E-state index in [-0.39, 0.29) is 11.7 Å². The third-order valence-electron chi connectivity index (χ3n) is 4.14. The minimum Gasteiger partial charge on any atom is -0.351 e. The molecule has 146 valence electrons. The second-order valence-electron chi connectivity index (χ2n) is 6.26. The number of hydrogen-bond donors (Lipinski definition) is 1. The number of aromatic nitrogens is 2. The monoisotopic (exact) mass is 439 g/mol. The zero-order valence-corrected chi connectivity index (χ0v) is 18.0. The molecular formula is C21H17N3O2S3. The van der Waals surface area contributed by atoms with Crippen molar-refractivity contribution in [1.82, 2.24) is 15.3 Å². The fourth-order valence-electron chi connectivity index (χ4n) is 2.73. The Balaban J connectivity index is 1.47. The maximum Gasteiger partial charge on any atom is 0.217 e. The van der Waals surface area contributed by atoms with Gasteiger partial charge in [0.15, 0.2) is 5.78 Å². The van der Waals surface area contributed by atoms with Gasteiger partial charge >= 0.3 is 0 Å². The zero-order chi connectivity index (χ0) is 20.2. The van der Waals surface area contributed by atoms with E-state index in [1.165, 1.54) is 30.0 Å². The normalized spacial score (nSPS) is 10.9. The molecule has 0 aliphatic carbocycles. The molecule has 3 aromatic heterocycles. The van der Waals surface area contributed by atoms with Crippen LogP contribution in [0.25, 0.3) is 20.7 Å². The second-order valence-corrected chi connectivity index (χ2v) is 9.42. The average molecular weight is 440 g/mol. The molecule has 4 rings (SSSR count). The molecule has 0 bridgehead atoms. The van der Waals surface area contributed by atoms with E-state index in [4.69, 9.17) is 0 Å². The Hall–Kier alpha value is -2.55. The van der Waals surface area contributed by atoms with Crippen molar-refractivity contribution < 1.29 is 9.59 Å². The van der Waals surface area contributed by atoms with Gasteiger partial charge in [0.1, 0.15) is 16.2 Å². The van der Waals surface area contributed by atoms with Gasteiger partial charge in [-0.25, -0.2) is 9.97 Å². The van der Waals surface area contributed by atoms with E-state index >= 15 is 0 Å². The first-order valence-corrected chi connectivity index (χ1v) is 11.5. The van der Waals surface area contributed by atoms with Gasteiger partial charge in [-0.05, 0) is 23.8 Å². The fraction of sp³-hybridized carbons (Fsp3) is 0.143. The molecule has 1 aromatic carbocycles. The molecule has 8 heteroatoms. The van der Waals surface area contributed by atoms with E-state index in [9.17, 15) is 9.59 Å². The number of nitrogens with one attached hydrogen (secondary N) is 1. The van der Waals surface area contributed by atoms with E-state index in [1.54, 1.807) is 17.7 Å². The average Bonchev–Trinajstić information content (AvgIpc) is 3.38. The van der Waals surface area contributed by atoms with Crippen LogP contribution in [-0.2, 0) is 11.3 Å². The summed E-state index contributed by atoms with van der Waals surface area (Å²) in [6, 6.07) is 16.0. The van der Waals surface area contributed by atoms with E-state index in [0.29, 0.717) is 17.2 Å². The summed E-state index contributed by atoms with van der Waals surface area (Å²) >= 11 is 4.47. The number of ketones is 1. The van der Waals surface area contributed by atoms with Crippen molar-refractivity contribution in [2.75, 3.05) is 5.75 Å². The Bertz CT molecular complexity index is 1170. The Morgan fingerprint density at radius 1 is 1.07 bits per heavy atom. The quantitative estimate of drug-likeness (QED) is 0.248. The van der Waals surface area contributed by atoms with Crippen molar-refractivity contribution in [3.05, 3.63) is 64.6 Å². The van der Waals surface area contributed by atoms with Gasteiger partial charge in [0.05, 0.1) is 17.2 Å².